The number of rotatable bonds is 4. The second-order valence-corrected chi connectivity index (χ2v) is 5.70. The summed E-state index contributed by atoms with van der Waals surface area (Å²) in [6, 6.07) is 11.3. The Balaban J connectivity index is 2.22. The van der Waals surface area contributed by atoms with E-state index in [0.29, 0.717) is 18.2 Å². The third kappa shape index (κ3) is 3.14. The summed E-state index contributed by atoms with van der Waals surface area (Å²) in [5.41, 5.74) is 2.59. The van der Waals surface area contributed by atoms with Crippen molar-refractivity contribution in [3.63, 3.8) is 0 Å². The maximum Gasteiger partial charge on any atom is 0.352 e. The molecular formula is C18H20N6O. The van der Waals surface area contributed by atoms with E-state index in [9.17, 15) is 4.79 Å². The van der Waals surface area contributed by atoms with Crippen molar-refractivity contribution in [2.75, 3.05) is 5.01 Å². The normalized spacial score (nSPS) is 10.7. The Morgan fingerprint density at radius 1 is 1.08 bits per heavy atom. The Morgan fingerprint density at radius 2 is 1.80 bits per heavy atom. The fraction of sp³-hybridized carbons (Fsp3) is 0.222. The molecule has 0 bridgehead atoms. The molecule has 7 nitrogen and oxygen atoms in total. The molecular weight excluding hydrogens is 316 g/mol. The van der Waals surface area contributed by atoms with Crippen molar-refractivity contribution in [2.45, 2.75) is 27.3 Å². The molecule has 0 atom stereocenters. The molecule has 0 radical (unpaired) electrons. The third-order valence-corrected chi connectivity index (χ3v) is 4.02. The molecule has 3 aromatic rings. The fourth-order valence-corrected chi connectivity index (χ4v) is 2.77. The summed E-state index contributed by atoms with van der Waals surface area (Å²) in [6.45, 7) is 6.35. The van der Waals surface area contributed by atoms with Crippen LogP contribution in [0.4, 0.5) is 11.8 Å². The quantitative estimate of drug-likeness (QED) is 0.581. The highest BCUT2D eigenvalue weighted by atomic mass is 16.1. The van der Waals surface area contributed by atoms with Gasteiger partial charge >= 0.3 is 5.69 Å². The van der Waals surface area contributed by atoms with E-state index in [4.69, 9.17) is 5.84 Å². The molecule has 25 heavy (non-hydrogen) atoms. The molecule has 1 aromatic carbocycles. The number of aromatic nitrogens is 4. The summed E-state index contributed by atoms with van der Waals surface area (Å²) in [6.07, 6.45) is 1.62. The van der Waals surface area contributed by atoms with Gasteiger partial charge in [0, 0.05) is 18.3 Å². The molecule has 2 aromatic heterocycles. The average Bonchev–Trinajstić information content (AvgIpc) is 2.61. The van der Waals surface area contributed by atoms with E-state index in [1.807, 2.05) is 45.0 Å². The molecule has 0 amide bonds. The van der Waals surface area contributed by atoms with Crippen molar-refractivity contribution in [3.8, 4) is 11.4 Å². The van der Waals surface area contributed by atoms with Crippen molar-refractivity contribution in [1.29, 1.82) is 0 Å². The minimum Gasteiger partial charge on any atom is -0.276 e. The van der Waals surface area contributed by atoms with Crippen molar-refractivity contribution in [3.05, 3.63) is 64.2 Å². The molecule has 0 aliphatic rings. The number of nitrogens with zero attached hydrogens (tertiary/aromatic N) is 5. The maximum atomic E-state index is 12.5. The third-order valence-electron chi connectivity index (χ3n) is 4.02. The highest BCUT2D eigenvalue weighted by Gasteiger charge is 2.18. The van der Waals surface area contributed by atoms with Crippen LogP contribution in [0, 0.1) is 13.8 Å². The van der Waals surface area contributed by atoms with Gasteiger partial charge in [-0.25, -0.2) is 20.6 Å². The van der Waals surface area contributed by atoms with Gasteiger partial charge in [0.25, 0.3) is 5.95 Å². The molecule has 7 heteroatoms. The van der Waals surface area contributed by atoms with Gasteiger partial charge in [-0.3, -0.25) is 4.57 Å². The standard InChI is InChI=1S/C18H20N6O/c1-4-23-16(15-12(2)8-7-9-13(15)3)21-17(22-18(23)25)24(19)14-10-5-6-11-20-14/h5-11H,4,19H2,1-3H3. The molecule has 0 saturated heterocycles. The largest absolute Gasteiger partial charge is 0.352 e. The van der Waals surface area contributed by atoms with Crippen LogP contribution in [0.5, 0.6) is 0 Å². The number of aryl methyl sites for hydroxylation is 2. The fourth-order valence-electron chi connectivity index (χ4n) is 2.77. The zero-order valence-electron chi connectivity index (χ0n) is 14.5. The van der Waals surface area contributed by atoms with E-state index >= 15 is 0 Å². The Labute approximate surface area is 145 Å². The van der Waals surface area contributed by atoms with Crippen LogP contribution >= 0.6 is 0 Å². The molecule has 2 heterocycles. The van der Waals surface area contributed by atoms with Crippen molar-refractivity contribution in [2.24, 2.45) is 5.84 Å². The van der Waals surface area contributed by atoms with E-state index in [2.05, 4.69) is 15.0 Å². The lowest BCUT2D eigenvalue weighted by Gasteiger charge is -2.19. The van der Waals surface area contributed by atoms with Crippen LogP contribution in [0.1, 0.15) is 18.1 Å². The van der Waals surface area contributed by atoms with Gasteiger partial charge in [-0.15, -0.1) is 0 Å². The van der Waals surface area contributed by atoms with E-state index < -0.39 is 5.69 Å². The molecule has 3 rings (SSSR count). The van der Waals surface area contributed by atoms with Gasteiger partial charge < -0.3 is 0 Å². The van der Waals surface area contributed by atoms with Crippen LogP contribution in [0.25, 0.3) is 11.4 Å². The Morgan fingerprint density at radius 3 is 2.40 bits per heavy atom. The lowest BCUT2D eigenvalue weighted by atomic mass is 10.0. The summed E-state index contributed by atoms with van der Waals surface area (Å²) in [4.78, 5) is 25.3. The first kappa shape index (κ1) is 16.8. The first-order valence-corrected chi connectivity index (χ1v) is 8.04. The lowest BCUT2D eigenvalue weighted by Crippen LogP contribution is -2.34. The van der Waals surface area contributed by atoms with Gasteiger partial charge in [-0.05, 0) is 44.0 Å². The maximum absolute atomic E-state index is 12.5. The van der Waals surface area contributed by atoms with E-state index in [-0.39, 0.29) is 5.95 Å². The first-order chi connectivity index (χ1) is 12.0. The van der Waals surface area contributed by atoms with E-state index in [0.717, 1.165) is 16.7 Å². The van der Waals surface area contributed by atoms with E-state index in [1.165, 1.54) is 5.01 Å². The molecule has 0 spiro atoms. The predicted octanol–water partition coefficient (Wildman–Crippen LogP) is 2.35. The van der Waals surface area contributed by atoms with Gasteiger partial charge in [0.2, 0.25) is 0 Å². The summed E-state index contributed by atoms with van der Waals surface area (Å²) < 4.78 is 1.55. The summed E-state index contributed by atoms with van der Waals surface area (Å²) >= 11 is 0. The van der Waals surface area contributed by atoms with Crippen molar-refractivity contribution < 1.29 is 0 Å². The van der Waals surface area contributed by atoms with Crippen LogP contribution in [-0.4, -0.2) is 19.5 Å². The second kappa shape index (κ2) is 6.82. The van der Waals surface area contributed by atoms with Crippen molar-refractivity contribution >= 4 is 11.8 Å². The van der Waals surface area contributed by atoms with Crippen LogP contribution < -0.4 is 16.5 Å². The predicted molar refractivity (Wildman–Crippen MR) is 97.4 cm³/mol. The molecule has 0 aliphatic heterocycles. The highest BCUT2D eigenvalue weighted by molar-refractivity contribution is 5.66. The SMILES string of the molecule is CCn1c(-c2c(C)cccc2C)nc(N(N)c2ccccn2)nc1=O. The summed E-state index contributed by atoms with van der Waals surface area (Å²) in [5.74, 6) is 7.23. The molecule has 0 aliphatic carbocycles. The Bertz CT molecular complexity index is 931. The smallest absolute Gasteiger partial charge is 0.276 e. The molecule has 0 saturated carbocycles. The minimum atomic E-state index is -0.392. The van der Waals surface area contributed by atoms with Gasteiger partial charge in [0.15, 0.2) is 0 Å². The minimum absolute atomic E-state index is 0.117. The van der Waals surface area contributed by atoms with Crippen LogP contribution in [0.2, 0.25) is 0 Å². The molecule has 2 N–H and O–H groups in total. The number of anilines is 2. The van der Waals surface area contributed by atoms with Crippen molar-refractivity contribution in [1.82, 2.24) is 19.5 Å². The molecule has 128 valence electrons. The van der Waals surface area contributed by atoms with Gasteiger partial charge in [-0.1, -0.05) is 24.3 Å². The molecule has 0 unspecified atom stereocenters. The number of benzene rings is 1. The number of nitrogens with two attached hydrogens (primary N) is 1. The van der Waals surface area contributed by atoms with Crippen LogP contribution in [0.3, 0.4) is 0 Å². The lowest BCUT2D eigenvalue weighted by molar-refractivity contribution is 0.680. The Kier molecular flexibility index (Phi) is 4.58. The second-order valence-electron chi connectivity index (χ2n) is 5.70. The average molecular weight is 336 g/mol. The summed E-state index contributed by atoms with van der Waals surface area (Å²) in [5, 5.41) is 1.22. The van der Waals surface area contributed by atoms with Crippen LogP contribution in [-0.2, 0) is 6.54 Å². The Hall–Kier alpha value is -3.06. The number of hydrazine groups is 1. The monoisotopic (exact) mass is 336 g/mol. The highest BCUT2D eigenvalue weighted by Crippen LogP contribution is 2.26. The first-order valence-electron chi connectivity index (χ1n) is 8.04. The summed E-state index contributed by atoms with van der Waals surface area (Å²) in [7, 11) is 0. The van der Waals surface area contributed by atoms with Gasteiger partial charge in [0.1, 0.15) is 11.6 Å². The van der Waals surface area contributed by atoms with E-state index in [1.54, 1.807) is 22.9 Å². The number of hydrogen-bond donors (Lipinski definition) is 1. The van der Waals surface area contributed by atoms with Gasteiger partial charge in [-0.2, -0.15) is 9.97 Å². The van der Waals surface area contributed by atoms with Crippen LogP contribution in [0.15, 0.2) is 47.4 Å². The number of pyridine rings is 1. The van der Waals surface area contributed by atoms with Gasteiger partial charge in [0.05, 0.1) is 0 Å². The zero-order chi connectivity index (χ0) is 18.0. The molecule has 0 fully saturated rings. The zero-order valence-corrected chi connectivity index (χ0v) is 14.5. The topological polar surface area (TPSA) is 89.9 Å². The number of hydrogen-bond acceptors (Lipinski definition) is 6.